The third-order valence-corrected chi connectivity index (χ3v) is 4.88. The molecular formula is C21H31N5O9. The summed E-state index contributed by atoms with van der Waals surface area (Å²) in [5.41, 5.74) is 11.6. The van der Waals surface area contributed by atoms with Crippen molar-refractivity contribution in [2.24, 2.45) is 11.5 Å². The molecule has 1 aromatic carbocycles. The minimum atomic E-state index is -1.74. The molecule has 0 bridgehead atoms. The van der Waals surface area contributed by atoms with Crippen LogP contribution in [0.4, 0.5) is 0 Å². The van der Waals surface area contributed by atoms with Crippen LogP contribution in [0.1, 0.15) is 25.8 Å². The third-order valence-electron chi connectivity index (χ3n) is 4.88. The highest BCUT2D eigenvalue weighted by Gasteiger charge is 2.34. The van der Waals surface area contributed by atoms with E-state index in [0.29, 0.717) is 5.56 Å². The number of primary amides is 1. The van der Waals surface area contributed by atoms with Gasteiger partial charge in [0.25, 0.3) is 0 Å². The SMILES string of the molecule is CC(O)C(NC(=O)C(CC(N)=O)NC(=O)C(NC(=O)C(N)Cc1ccc(O)cc1)C(C)O)C(=O)O. The van der Waals surface area contributed by atoms with E-state index >= 15 is 0 Å². The predicted molar refractivity (Wildman–Crippen MR) is 120 cm³/mol. The van der Waals surface area contributed by atoms with Crippen molar-refractivity contribution in [2.75, 3.05) is 0 Å². The molecule has 0 aliphatic rings. The van der Waals surface area contributed by atoms with Crippen LogP contribution >= 0.6 is 0 Å². The Morgan fingerprint density at radius 2 is 1.37 bits per heavy atom. The summed E-state index contributed by atoms with van der Waals surface area (Å²) in [6.45, 7) is 2.30. The van der Waals surface area contributed by atoms with Gasteiger partial charge in [-0.25, -0.2) is 4.79 Å². The van der Waals surface area contributed by atoms with Gasteiger partial charge < -0.3 is 47.8 Å². The summed E-state index contributed by atoms with van der Waals surface area (Å²) in [7, 11) is 0. The molecule has 35 heavy (non-hydrogen) atoms. The molecule has 0 radical (unpaired) electrons. The van der Waals surface area contributed by atoms with Gasteiger partial charge in [-0.1, -0.05) is 12.1 Å². The Morgan fingerprint density at radius 3 is 1.83 bits per heavy atom. The number of carboxylic acid groups (broad SMARTS) is 1. The maximum atomic E-state index is 12.7. The van der Waals surface area contributed by atoms with Gasteiger partial charge in [0.05, 0.1) is 24.7 Å². The summed E-state index contributed by atoms with van der Waals surface area (Å²) < 4.78 is 0. The molecule has 0 spiro atoms. The number of nitrogens with one attached hydrogen (secondary N) is 3. The van der Waals surface area contributed by atoms with Crippen molar-refractivity contribution in [1.29, 1.82) is 0 Å². The predicted octanol–water partition coefficient (Wildman–Crippen LogP) is -3.56. The highest BCUT2D eigenvalue weighted by atomic mass is 16.4. The lowest BCUT2D eigenvalue weighted by molar-refractivity contribution is -0.145. The molecule has 14 heteroatoms. The Kier molecular flexibility index (Phi) is 11.1. The van der Waals surface area contributed by atoms with Crippen molar-refractivity contribution in [3.05, 3.63) is 29.8 Å². The summed E-state index contributed by atoms with van der Waals surface area (Å²) in [5.74, 6) is -5.57. The number of carbonyl (C=O) groups excluding carboxylic acids is 4. The van der Waals surface area contributed by atoms with E-state index in [1.807, 2.05) is 5.32 Å². The number of aliphatic carboxylic acids is 1. The molecule has 0 aliphatic heterocycles. The summed E-state index contributed by atoms with van der Waals surface area (Å²) in [4.78, 5) is 60.3. The fourth-order valence-corrected chi connectivity index (χ4v) is 2.96. The molecule has 6 unspecified atom stereocenters. The van der Waals surface area contributed by atoms with Crippen LogP contribution in [0.5, 0.6) is 5.75 Å². The second-order valence-electron chi connectivity index (χ2n) is 8.00. The number of phenols is 1. The molecule has 0 saturated heterocycles. The minimum absolute atomic E-state index is 0.0234. The van der Waals surface area contributed by atoms with Crippen LogP contribution in [0.2, 0.25) is 0 Å². The number of benzene rings is 1. The van der Waals surface area contributed by atoms with Crippen molar-refractivity contribution >= 4 is 29.6 Å². The number of hydrogen-bond acceptors (Lipinski definition) is 9. The Hall–Kier alpha value is -3.75. The molecule has 14 nitrogen and oxygen atoms in total. The highest BCUT2D eigenvalue weighted by Crippen LogP contribution is 2.11. The number of rotatable bonds is 13. The molecular weight excluding hydrogens is 466 g/mol. The molecule has 0 aromatic heterocycles. The van der Waals surface area contributed by atoms with E-state index in [2.05, 4.69) is 10.6 Å². The van der Waals surface area contributed by atoms with Crippen LogP contribution in [0.3, 0.4) is 0 Å². The molecule has 1 rings (SSSR count). The lowest BCUT2D eigenvalue weighted by atomic mass is 10.0. The van der Waals surface area contributed by atoms with Crippen molar-refractivity contribution in [3.8, 4) is 5.75 Å². The Morgan fingerprint density at radius 1 is 0.857 bits per heavy atom. The fraction of sp³-hybridized carbons (Fsp3) is 0.476. The van der Waals surface area contributed by atoms with E-state index < -0.39 is 72.4 Å². The summed E-state index contributed by atoms with van der Waals surface area (Å²) >= 11 is 0. The molecule has 1 aromatic rings. The first-order chi connectivity index (χ1) is 16.2. The van der Waals surface area contributed by atoms with Crippen molar-refractivity contribution in [2.45, 2.75) is 63.1 Å². The van der Waals surface area contributed by atoms with Crippen LogP contribution in [0.15, 0.2) is 24.3 Å². The zero-order valence-electron chi connectivity index (χ0n) is 19.2. The number of aromatic hydroxyl groups is 1. The first-order valence-corrected chi connectivity index (χ1v) is 10.5. The van der Waals surface area contributed by atoms with Gasteiger partial charge in [0.1, 0.15) is 17.8 Å². The number of phenolic OH excluding ortho intramolecular Hbond substituents is 1. The quantitative estimate of drug-likeness (QED) is 0.130. The summed E-state index contributed by atoms with van der Waals surface area (Å²) in [6, 6.07) is -0.225. The number of carbonyl (C=O) groups is 5. The van der Waals surface area contributed by atoms with E-state index in [1.165, 1.54) is 19.1 Å². The molecule has 0 heterocycles. The van der Waals surface area contributed by atoms with Gasteiger partial charge in [-0.2, -0.15) is 0 Å². The average Bonchev–Trinajstić information content (AvgIpc) is 2.75. The molecule has 6 atom stereocenters. The number of aliphatic hydroxyl groups is 2. The topological polar surface area (TPSA) is 254 Å². The van der Waals surface area contributed by atoms with Gasteiger partial charge >= 0.3 is 5.97 Å². The van der Waals surface area contributed by atoms with E-state index in [-0.39, 0.29) is 12.2 Å². The average molecular weight is 498 g/mol. The Balaban J connectivity index is 2.93. The maximum Gasteiger partial charge on any atom is 0.328 e. The van der Waals surface area contributed by atoms with Crippen LogP contribution in [0.25, 0.3) is 0 Å². The molecule has 0 saturated carbocycles. The lowest BCUT2D eigenvalue weighted by Crippen LogP contribution is -2.61. The monoisotopic (exact) mass is 497 g/mol. The number of hydrogen-bond donors (Lipinski definition) is 9. The van der Waals surface area contributed by atoms with Gasteiger partial charge in [-0.3, -0.25) is 19.2 Å². The van der Waals surface area contributed by atoms with E-state index in [4.69, 9.17) is 16.6 Å². The second kappa shape index (κ2) is 13.2. The van der Waals surface area contributed by atoms with Gasteiger partial charge in [0, 0.05) is 0 Å². The number of aliphatic hydroxyl groups excluding tert-OH is 2. The van der Waals surface area contributed by atoms with Gasteiger partial charge in [0.2, 0.25) is 23.6 Å². The number of carboxylic acids is 1. The zero-order valence-corrected chi connectivity index (χ0v) is 19.2. The molecule has 0 aliphatic carbocycles. The Bertz CT molecular complexity index is 920. The summed E-state index contributed by atoms with van der Waals surface area (Å²) in [5, 5.41) is 44.4. The van der Waals surface area contributed by atoms with E-state index in [0.717, 1.165) is 6.92 Å². The second-order valence-corrected chi connectivity index (χ2v) is 8.00. The van der Waals surface area contributed by atoms with Crippen molar-refractivity contribution < 1.29 is 44.4 Å². The highest BCUT2D eigenvalue weighted by molar-refractivity contribution is 5.96. The normalized spacial score (nSPS) is 16.0. The van der Waals surface area contributed by atoms with Gasteiger partial charge in [0.15, 0.2) is 6.04 Å². The van der Waals surface area contributed by atoms with Crippen LogP contribution < -0.4 is 27.4 Å². The molecule has 0 fully saturated rings. The van der Waals surface area contributed by atoms with Crippen LogP contribution in [0, 0.1) is 0 Å². The first-order valence-electron chi connectivity index (χ1n) is 10.5. The Labute approximate surface area is 200 Å². The van der Waals surface area contributed by atoms with Crippen LogP contribution in [-0.2, 0) is 30.4 Å². The third kappa shape index (κ3) is 9.56. The van der Waals surface area contributed by atoms with Gasteiger partial charge in [-0.05, 0) is 38.0 Å². The molecule has 11 N–H and O–H groups in total. The molecule has 4 amide bonds. The smallest absolute Gasteiger partial charge is 0.328 e. The van der Waals surface area contributed by atoms with Gasteiger partial charge in [-0.15, -0.1) is 0 Å². The number of nitrogens with two attached hydrogens (primary N) is 2. The van der Waals surface area contributed by atoms with E-state index in [9.17, 15) is 39.3 Å². The van der Waals surface area contributed by atoms with Crippen LogP contribution in [-0.4, -0.2) is 86.4 Å². The summed E-state index contributed by atoms with van der Waals surface area (Å²) in [6.07, 6.45) is -3.64. The lowest BCUT2D eigenvalue weighted by Gasteiger charge is -2.26. The first kappa shape index (κ1) is 29.3. The number of amides is 4. The standard InChI is InChI=1S/C21H31N5O9/c1-9(27)16(25-18(31)13(22)7-11-3-5-12(29)6-4-11)20(33)24-14(8-15(23)30)19(32)26-17(10(2)28)21(34)35/h3-6,9-10,13-14,16-17,27-29H,7-8,22H2,1-2H3,(H2,23,30)(H,24,33)(H,25,31)(H,26,32)(H,34,35). The van der Waals surface area contributed by atoms with Crippen molar-refractivity contribution in [1.82, 2.24) is 16.0 Å². The largest absolute Gasteiger partial charge is 0.508 e. The fourth-order valence-electron chi connectivity index (χ4n) is 2.96. The van der Waals surface area contributed by atoms with E-state index in [1.54, 1.807) is 12.1 Å². The van der Waals surface area contributed by atoms with Crippen molar-refractivity contribution in [3.63, 3.8) is 0 Å². The minimum Gasteiger partial charge on any atom is -0.508 e. The maximum absolute atomic E-state index is 12.7. The molecule has 194 valence electrons. The zero-order chi connectivity index (χ0) is 26.9.